The molecule has 0 fully saturated rings. The van der Waals surface area contributed by atoms with E-state index in [4.69, 9.17) is 16.7 Å². The van der Waals surface area contributed by atoms with E-state index in [0.717, 1.165) is 10.4 Å². The molecule has 2 rings (SSSR count). The first-order valence-corrected chi connectivity index (χ1v) is 7.82. The first-order chi connectivity index (χ1) is 10.1. The van der Waals surface area contributed by atoms with Crippen LogP contribution in [0.3, 0.4) is 0 Å². The molecule has 0 aliphatic carbocycles. The van der Waals surface area contributed by atoms with Crippen molar-refractivity contribution in [3.63, 3.8) is 0 Å². The highest BCUT2D eigenvalue weighted by Crippen LogP contribution is 2.26. The molecule has 0 saturated carbocycles. The topological polar surface area (TPSA) is 61.4 Å². The number of hydrogen-bond donors (Lipinski definition) is 3. The minimum absolute atomic E-state index is 0.0992. The lowest BCUT2D eigenvalue weighted by atomic mass is 10.1. The molecular weight excluding hydrogens is 308 g/mol. The van der Waals surface area contributed by atoms with Crippen molar-refractivity contribution in [3.05, 3.63) is 57.2 Å². The second kappa shape index (κ2) is 7.45. The Kier molecular flexibility index (Phi) is 5.61. The number of aliphatic hydroxyl groups is 1. The summed E-state index contributed by atoms with van der Waals surface area (Å²) < 4.78 is 0. The highest BCUT2D eigenvalue weighted by Gasteiger charge is 2.18. The van der Waals surface area contributed by atoms with Crippen LogP contribution in [0.1, 0.15) is 23.4 Å². The summed E-state index contributed by atoms with van der Waals surface area (Å²) >= 11 is 7.48. The number of rotatable bonds is 5. The second-order valence-corrected chi connectivity index (χ2v) is 6.12. The molecular formula is C15H17ClN2O2S. The van der Waals surface area contributed by atoms with E-state index in [1.807, 2.05) is 29.6 Å². The third kappa shape index (κ3) is 4.46. The zero-order valence-corrected chi connectivity index (χ0v) is 13.1. The maximum Gasteiger partial charge on any atom is 0.315 e. The number of carbonyl (C=O) groups is 1. The number of amides is 2. The quantitative estimate of drug-likeness (QED) is 0.791. The number of benzene rings is 1. The van der Waals surface area contributed by atoms with Gasteiger partial charge in [0.15, 0.2) is 0 Å². The standard InChI is InChI=1S/C15H17ClN2O2S/c1-10(9-19)17-15(20)18-14(13-3-2-8-21-13)11-4-6-12(16)7-5-11/h2-8,10,14,19H,9H2,1H3,(H2,17,18,20)/t10-,14?/m0/s1. The molecule has 1 aromatic carbocycles. The molecule has 0 spiro atoms. The molecule has 0 bridgehead atoms. The van der Waals surface area contributed by atoms with Crippen molar-refractivity contribution in [2.45, 2.75) is 19.0 Å². The molecule has 2 aromatic rings. The molecule has 1 heterocycles. The van der Waals surface area contributed by atoms with Crippen LogP contribution >= 0.6 is 22.9 Å². The van der Waals surface area contributed by atoms with Gasteiger partial charge in [0.2, 0.25) is 0 Å². The van der Waals surface area contributed by atoms with Gasteiger partial charge in [-0.05, 0) is 36.1 Å². The Morgan fingerprint density at radius 3 is 2.57 bits per heavy atom. The summed E-state index contributed by atoms with van der Waals surface area (Å²) in [5.41, 5.74) is 0.952. The summed E-state index contributed by atoms with van der Waals surface area (Å²) in [4.78, 5) is 13.0. The Bertz CT molecular complexity index is 572. The fourth-order valence-corrected chi connectivity index (χ4v) is 2.80. The third-order valence-electron chi connectivity index (χ3n) is 2.96. The maximum absolute atomic E-state index is 12.0. The van der Waals surface area contributed by atoms with Crippen LogP contribution in [0.4, 0.5) is 4.79 Å². The van der Waals surface area contributed by atoms with E-state index in [2.05, 4.69) is 10.6 Å². The number of thiophene rings is 1. The van der Waals surface area contributed by atoms with Gasteiger partial charge in [0.1, 0.15) is 0 Å². The van der Waals surface area contributed by atoms with Crippen LogP contribution in [0.15, 0.2) is 41.8 Å². The summed E-state index contributed by atoms with van der Waals surface area (Å²) in [6.07, 6.45) is 0. The Morgan fingerprint density at radius 1 is 1.29 bits per heavy atom. The summed E-state index contributed by atoms with van der Waals surface area (Å²) in [5.74, 6) is 0. The molecule has 6 heteroatoms. The van der Waals surface area contributed by atoms with Crippen molar-refractivity contribution >= 4 is 29.0 Å². The van der Waals surface area contributed by atoms with Crippen molar-refractivity contribution in [2.24, 2.45) is 0 Å². The van der Waals surface area contributed by atoms with E-state index in [1.54, 1.807) is 30.4 Å². The molecule has 1 aromatic heterocycles. The van der Waals surface area contributed by atoms with Gasteiger partial charge < -0.3 is 15.7 Å². The summed E-state index contributed by atoms with van der Waals surface area (Å²) in [7, 11) is 0. The van der Waals surface area contributed by atoms with Crippen LogP contribution in [-0.2, 0) is 0 Å². The summed E-state index contributed by atoms with van der Waals surface area (Å²) in [6, 6.07) is 10.4. The van der Waals surface area contributed by atoms with E-state index in [9.17, 15) is 4.79 Å². The lowest BCUT2D eigenvalue weighted by molar-refractivity contribution is 0.219. The largest absolute Gasteiger partial charge is 0.394 e. The first kappa shape index (κ1) is 15.8. The van der Waals surface area contributed by atoms with Crippen LogP contribution < -0.4 is 10.6 Å². The van der Waals surface area contributed by atoms with Gasteiger partial charge in [-0.15, -0.1) is 11.3 Å². The van der Waals surface area contributed by atoms with Crippen molar-refractivity contribution < 1.29 is 9.90 Å². The van der Waals surface area contributed by atoms with E-state index in [0.29, 0.717) is 5.02 Å². The Hall–Kier alpha value is -1.56. The molecule has 2 atom stereocenters. The normalized spacial score (nSPS) is 13.5. The second-order valence-electron chi connectivity index (χ2n) is 4.70. The zero-order valence-electron chi connectivity index (χ0n) is 11.5. The van der Waals surface area contributed by atoms with Gasteiger partial charge in [-0.2, -0.15) is 0 Å². The van der Waals surface area contributed by atoms with E-state index >= 15 is 0 Å². The fraction of sp³-hybridized carbons (Fsp3) is 0.267. The van der Waals surface area contributed by atoms with Crippen molar-refractivity contribution in [3.8, 4) is 0 Å². The average Bonchev–Trinajstić information content (AvgIpc) is 2.99. The number of aliphatic hydroxyl groups excluding tert-OH is 1. The number of hydrogen-bond acceptors (Lipinski definition) is 3. The van der Waals surface area contributed by atoms with Crippen LogP contribution in [-0.4, -0.2) is 23.8 Å². The lowest BCUT2D eigenvalue weighted by Crippen LogP contribution is -2.43. The Labute approximate surface area is 132 Å². The van der Waals surface area contributed by atoms with Gasteiger partial charge in [-0.3, -0.25) is 0 Å². The van der Waals surface area contributed by atoms with Crippen molar-refractivity contribution in [2.75, 3.05) is 6.61 Å². The Balaban J connectivity index is 2.17. The van der Waals surface area contributed by atoms with E-state index in [-0.39, 0.29) is 24.7 Å². The molecule has 2 amide bonds. The fourth-order valence-electron chi connectivity index (χ4n) is 1.87. The molecule has 21 heavy (non-hydrogen) atoms. The van der Waals surface area contributed by atoms with Crippen LogP contribution in [0.5, 0.6) is 0 Å². The minimum atomic E-state index is -0.315. The highest BCUT2D eigenvalue weighted by atomic mass is 35.5. The lowest BCUT2D eigenvalue weighted by Gasteiger charge is -2.20. The van der Waals surface area contributed by atoms with Gasteiger partial charge in [0.25, 0.3) is 0 Å². The smallest absolute Gasteiger partial charge is 0.315 e. The SMILES string of the molecule is C[C@@H](CO)NC(=O)NC(c1ccc(Cl)cc1)c1cccs1. The number of halogens is 1. The van der Waals surface area contributed by atoms with Crippen LogP contribution in [0, 0.1) is 0 Å². The third-order valence-corrected chi connectivity index (χ3v) is 4.15. The summed E-state index contributed by atoms with van der Waals surface area (Å²) in [5, 5.41) is 17.2. The maximum atomic E-state index is 12.0. The highest BCUT2D eigenvalue weighted by molar-refractivity contribution is 7.10. The minimum Gasteiger partial charge on any atom is -0.394 e. The van der Waals surface area contributed by atoms with Gasteiger partial charge in [-0.25, -0.2) is 4.79 Å². The molecule has 4 nitrogen and oxygen atoms in total. The van der Waals surface area contributed by atoms with Crippen LogP contribution in [0.25, 0.3) is 0 Å². The molecule has 0 saturated heterocycles. The first-order valence-electron chi connectivity index (χ1n) is 6.57. The average molecular weight is 325 g/mol. The van der Waals surface area contributed by atoms with Gasteiger partial charge in [0, 0.05) is 9.90 Å². The summed E-state index contributed by atoms with van der Waals surface area (Å²) in [6.45, 7) is 1.64. The zero-order chi connectivity index (χ0) is 15.2. The van der Waals surface area contributed by atoms with Crippen molar-refractivity contribution in [1.29, 1.82) is 0 Å². The van der Waals surface area contributed by atoms with Gasteiger partial charge in [-0.1, -0.05) is 29.8 Å². The molecule has 112 valence electrons. The number of urea groups is 1. The van der Waals surface area contributed by atoms with E-state index < -0.39 is 0 Å². The van der Waals surface area contributed by atoms with Crippen LogP contribution in [0.2, 0.25) is 5.02 Å². The molecule has 3 N–H and O–H groups in total. The number of carbonyl (C=O) groups excluding carboxylic acids is 1. The van der Waals surface area contributed by atoms with Gasteiger partial charge >= 0.3 is 6.03 Å². The predicted molar refractivity (Wildman–Crippen MR) is 85.8 cm³/mol. The Morgan fingerprint density at radius 2 is 2.00 bits per heavy atom. The van der Waals surface area contributed by atoms with E-state index in [1.165, 1.54) is 0 Å². The predicted octanol–water partition coefficient (Wildman–Crippen LogP) is 3.17. The molecule has 0 radical (unpaired) electrons. The molecule has 1 unspecified atom stereocenters. The molecule has 0 aliphatic heterocycles. The van der Waals surface area contributed by atoms with Gasteiger partial charge in [0.05, 0.1) is 18.7 Å². The number of nitrogens with one attached hydrogen (secondary N) is 2. The molecule has 0 aliphatic rings. The van der Waals surface area contributed by atoms with Crippen molar-refractivity contribution in [1.82, 2.24) is 10.6 Å². The monoisotopic (exact) mass is 324 g/mol.